The Balaban J connectivity index is -0.0000000700. The molecule has 0 radical (unpaired) electrons. The van der Waals surface area contributed by atoms with Crippen molar-refractivity contribution < 1.29 is 29.7 Å². The summed E-state index contributed by atoms with van der Waals surface area (Å²) < 4.78 is 3.97. The molecule has 96 valence electrons. The quantitative estimate of drug-likeness (QED) is 0.251. The van der Waals surface area contributed by atoms with Crippen LogP contribution in [-0.2, 0) is 14.3 Å². The van der Waals surface area contributed by atoms with Gasteiger partial charge in [0.25, 0.3) is 5.09 Å². The van der Waals surface area contributed by atoms with Crippen LogP contribution in [0.1, 0.15) is 13.8 Å². The van der Waals surface area contributed by atoms with E-state index < -0.39 is 22.1 Å². The third-order valence-corrected chi connectivity index (χ3v) is 0.287. The average molecular weight is 245 g/mol. The summed E-state index contributed by atoms with van der Waals surface area (Å²) in [5.41, 5.74) is 0. The Morgan fingerprint density at radius 1 is 1.06 bits per heavy atom. The van der Waals surface area contributed by atoms with E-state index in [1.165, 1.54) is 13.8 Å². The van der Waals surface area contributed by atoms with Crippen LogP contribution in [0.15, 0.2) is 0 Å². The Kier molecular flexibility index (Phi) is 21.9. The molecule has 12 nitrogen and oxygen atoms in total. The van der Waals surface area contributed by atoms with Crippen molar-refractivity contribution in [3.05, 3.63) is 25.4 Å². The zero-order valence-corrected chi connectivity index (χ0v) is 8.61. The van der Waals surface area contributed by atoms with Gasteiger partial charge in [0.15, 0.2) is 0 Å². The summed E-state index contributed by atoms with van der Waals surface area (Å²) >= 11 is 0. The summed E-state index contributed by atoms with van der Waals surface area (Å²) in [4.78, 5) is 36.2. The second kappa shape index (κ2) is 15.0. The topological polar surface area (TPSA) is 209 Å². The lowest BCUT2D eigenvalue weighted by Gasteiger charge is -1.87. The van der Waals surface area contributed by atoms with Crippen LogP contribution in [0.2, 0.25) is 0 Å². The van der Waals surface area contributed by atoms with E-state index in [0.29, 0.717) is 0 Å². The molecule has 0 unspecified atom stereocenters. The summed E-state index contributed by atoms with van der Waals surface area (Å²) in [6.45, 7) is 2.36. The van der Waals surface area contributed by atoms with Gasteiger partial charge in [-0.25, -0.2) is 0 Å². The van der Waals surface area contributed by atoms with E-state index in [4.69, 9.17) is 30.6 Å². The van der Waals surface area contributed by atoms with Gasteiger partial charge in [-0.05, 0) is 0 Å². The summed E-state index contributed by atoms with van der Waals surface area (Å²) in [5.74, 6) is -1.12. The lowest BCUT2D eigenvalue weighted by molar-refractivity contribution is -0.742. The molecule has 12 heteroatoms. The first kappa shape index (κ1) is 23.4. The normalized spacial score (nSPS) is 6.38. The fourth-order valence-corrected chi connectivity index (χ4v) is 0.202. The largest absolute Gasteiger partial charge is 0.394 e. The van der Waals surface area contributed by atoms with E-state index in [0.717, 1.165) is 0 Å². The first-order valence-corrected chi connectivity index (χ1v) is 2.93. The number of esters is 2. The maximum atomic E-state index is 9.81. The number of hydrogen-bond donors (Lipinski definition) is 2. The Hall–Kier alpha value is -2.50. The molecule has 0 aromatic rings. The van der Waals surface area contributed by atoms with Gasteiger partial charge in [-0.2, -0.15) is 0 Å². The number of nitrogens with zero attached hydrogens (tertiary/aromatic N) is 2. The Morgan fingerprint density at radius 3 is 1.19 bits per heavy atom. The van der Waals surface area contributed by atoms with Gasteiger partial charge in [0.05, 0.1) is 5.09 Å². The Bertz CT molecular complexity index is 207. The maximum Gasteiger partial charge on any atom is 0.310 e. The molecule has 0 atom stereocenters. The molecular weight excluding hydrogens is 234 g/mol. The van der Waals surface area contributed by atoms with Crippen molar-refractivity contribution in [1.82, 2.24) is 6.15 Å². The minimum Gasteiger partial charge on any atom is -0.394 e. The van der Waals surface area contributed by atoms with Gasteiger partial charge in [-0.1, -0.05) is 0 Å². The van der Waals surface area contributed by atoms with Crippen molar-refractivity contribution in [3.8, 4) is 0 Å². The molecule has 0 aliphatic rings. The highest BCUT2D eigenvalue weighted by Crippen LogP contribution is 1.73. The predicted molar refractivity (Wildman–Crippen MR) is 47.6 cm³/mol. The predicted octanol–water partition coefficient (Wildman–Crippen LogP) is -0.115. The van der Waals surface area contributed by atoms with Gasteiger partial charge in [-0.15, -0.1) is 10.1 Å². The number of rotatable bonds is 0. The van der Waals surface area contributed by atoms with Crippen LogP contribution in [0, 0.1) is 25.4 Å². The lowest BCUT2D eigenvalue weighted by atomic mass is 10.7. The molecule has 0 bridgehead atoms. The van der Waals surface area contributed by atoms with Crippen molar-refractivity contribution in [2.45, 2.75) is 13.8 Å². The van der Waals surface area contributed by atoms with Crippen molar-refractivity contribution >= 4 is 11.9 Å². The van der Waals surface area contributed by atoms with E-state index in [1.807, 2.05) is 0 Å². The summed E-state index contributed by atoms with van der Waals surface area (Å²) in [6, 6.07) is 0. The van der Waals surface area contributed by atoms with E-state index in [-0.39, 0.29) is 6.15 Å². The van der Waals surface area contributed by atoms with Gasteiger partial charge in [0.2, 0.25) is 0 Å². The molecule has 0 spiro atoms. The molecule has 0 fully saturated rings. The van der Waals surface area contributed by atoms with Gasteiger partial charge in [0, 0.05) is 13.8 Å². The number of quaternary nitrogens is 1. The van der Waals surface area contributed by atoms with Gasteiger partial charge in [0.1, 0.15) is 0 Å². The monoisotopic (exact) mass is 245 g/mol. The first-order valence-electron chi connectivity index (χ1n) is 2.93. The molecule has 0 aliphatic heterocycles. The minimum atomic E-state index is -1.75. The Labute approximate surface area is 88.2 Å². The number of hydrogen-bond acceptors (Lipinski definition) is 8. The second-order valence-electron chi connectivity index (χ2n) is 1.55. The molecule has 0 aliphatic carbocycles. The van der Waals surface area contributed by atoms with E-state index in [9.17, 15) is 9.59 Å². The molecule has 0 rings (SSSR count). The molecule has 5 N–H and O–H groups in total. The van der Waals surface area contributed by atoms with Crippen LogP contribution < -0.4 is 6.15 Å². The van der Waals surface area contributed by atoms with Crippen molar-refractivity contribution in [3.63, 3.8) is 0 Å². The fraction of sp³-hybridized carbons (Fsp3) is 0.500. The van der Waals surface area contributed by atoms with Crippen molar-refractivity contribution in [2.24, 2.45) is 0 Å². The highest BCUT2D eigenvalue weighted by atomic mass is 16.9. The SMILES string of the molecule is CC(=O)OC(C)=O.O=[N+]([O-])O.O=[N+]([O-])[O-].[NH4+]. The lowest BCUT2D eigenvalue weighted by Crippen LogP contribution is -2.03. The van der Waals surface area contributed by atoms with Gasteiger partial charge < -0.3 is 31.4 Å². The molecular formula is C4H11N3O9. The fourth-order valence-electron chi connectivity index (χ4n) is 0.202. The first-order chi connectivity index (χ1) is 6.59. The van der Waals surface area contributed by atoms with Crippen molar-refractivity contribution in [1.29, 1.82) is 0 Å². The van der Waals surface area contributed by atoms with E-state index in [1.54, 1.807) is 0 Å². The highest BCUT2D eigenvalue weighted by Gasteiger charge is 1.93. The minimum absolute atomic E-state index is 0. The number of ether oxygens (including phenoxy) is 1. The van der Waals surface area contributed by atoms with Crippen LogP contribution in [0.3, 0.4) is 0 Å². The van der Waals surface area contributed by atoms with Gasteiger partial charge in [-0.3, -0.25) is 9.59 Å². The third kappa shape index (κ3) is 564. The molecule has 16 heavy (non-hydrogen) atoms. The number of carbonyl (C=O) groups is 2. The van der Waals surface area contributed by atoms with Crippen LogP contribution in [0.25, 0.3) is 0 Å². The molecule has 0 saturated carbocycles. The summed E-state index contributed by atoms with van der Waals surface area (Å²) in [7, 11) is 0. The zero-order valence-electron chi connectivity index (χ0n) is 8.61. The molecule has 0 aromatic carbocycles. The van der Waals surface area contributed by atoms with Crippen molar-refractivity contribution in [2.75, 3.05) is 0 Å². The maximum absolute atomic E-state index is 9.81. The van der Waals surface area contributed by atoms with E-state index >= 15 is 0 Å². The Morgan fingerprint density at radius 2 is 1.19 bits per heavy atom. The summed E-state index contributed by atoms with van der Waals surface area (Å²) in [6.07, 6.45) is 0. The molecule has 0 aromatic heterocycles. The standard InChI is InChI=1S/C4H6O3.HNO3.NO3.H3N/c1-3(5)7-4(2)6;2*2-1(3)4;/h1-2H3;(H,2,3,4);;1H3/q;;-1;/p+1. The number of carbonyl (C=O) groups excluding carboxylic acids is 2. The molecule has 0 heterocycles. The van der Waals surface area contributed by atoms with Gasteiger partial charge >= 0.3 is 11.9 Å². The molecule has 0 saturated heterocycles. The third-order valence-electron chi connectivity index (χ3n) is 0.287. The average Bonchev–Trinajstić information content (AvgIpc) is 1.78. The van der Waals surface area contributed by atoms with Crippen LogP contribution >= 0.6 is 0 Å². The molecule has 0 amide bonds. The van der Waals surface area contributed by atoms with E-state index in [2.05, 4.69) is 4.74 Å². The summed E-state index contributed by atoms with van der Waals surface area (Å²) in [5, 5.41) is 28.4. The zero-order chi connectivity index (χ0) is 13.0. The highest BCUT2D eigenvalue weighted by molar-refractivity contribution is 5.82. The second-order valence-corrected chi connectivity index (χ2v) is 1.55. The smallest absolute Gasteiger partial charge is 0.310 e. The van der Waals surface area contributed by atoms with Crippen LogP contribution in [0.4, 0.5) is 0 Å². The van der Waals surface area contributed by atoms with Crippen LogP contribution in [0.5, 0.6) is 0 Å². The van der Waals surface area contributed by atoms with Crippen LogP contribution in [-0.4, -0.2) is 27.3 Å².